The van der Waals surface area contributed by atoms with E-state index in [1.165, 1.54) is 38.6 Å². The van der Waals surface area contributed by atoms with Crippen molar-refractivity contribution in [3.05, 3.63) is 0 Å². The molecular weight excluding hydrogens is 356 g/mol. The average molecular weight is 371 g/mol. The summed E-state index contributed by atoms with van der Waals surface area (Å²) in [4.78, 5) is 0. The van der Waals surface area contributed by atoms with Crippen LogP contribution in [0.2, 0.25) is 0 Å². The van der Waals surface area contributed by atoms with Crippen LogP contribution in [-0.2, 0) is 20.0 Å². The highest BCUT2D eigenvalue weighted by atomic mass is 33.1. The van der Waals surface area contributed by atoms with Crippen molar-refractivity contribution < 1.29 is 21.4 Å². The standard InChI is InChI=1S/C7H14O5S6/c1-17(8,9)4-6-2-13-14-3-7(16-15-6)5-18(10,11)12/h6-7H,2-5H2,1H3,(H,10,11,12). The van der Waals surface area contributed by atoms with Crippen LogP contribution in [0, 0.1) is 0 Å². The van der Waals surface area contributed by atoms with Crippen LogP contribution in [0.1, 0.15) is 0 Å². The van der Waals surface area contributed by atoms with Crippen LogP contribution in [0.15, 0.2) is 0 Å². The highest BCUT2D eigenvalue weighted by molar-refractivity contribution is 8.80. The summed E-state index contributed by atoms with van der Waals surface area (Å²) in [6.45, 7) is 0. The zero-order chi connectivity index (χ0) is 13.8. The van der Waals surface area contributed by atoms with Gasteiger partial charge in [0, 0.05) is 28.3 Å². The third kappa shape index (κ3) is 8.43. The van der Waals surface area contributed by atoms with Gasteiger partial charge in [0.1, 0.15) is 9.84 Å². The lowest BCUT2D eigenvalue weighted by atomic mass is 10.5. The predicted octanol–water partition coefficient (Wildman–Crippen LogP) is 1.43. The average Bonchev–Trinajstić information content (AvgIpc) is 2.12. The molecule has 1 rings (SSSR count). The van der Waals surface area contributed by atoms with Gasteiger partial charge in [0.2, 0.25) is 0 Å². The highest BCUT2D eigenvalue weighted by Crippen LogP contribution is 2.41. The first kappa shape index (κ1) is 17.3. The molecule has 0 spiro atoms. The molecule has 0 radical (unpaired) electrons. The largest absolute Gasteiger partial charge is 0.286 e. The third-order valence-electron chi connectivity index (χ3n) is 1.80. The Kier molecular flexibility index (Phi) is 7.04. The molecule has 5 nitrogen and oxygen atoms in total. The Morgan fingerprint density at radius 3 is 1.83 bits per heavy atom. The Hall–Kier alpha value is 1.26. The maximum Gasteiger partial charge on any atom is 0.266 e. The zero-order valence-corrected chi connectivity index (χ0v) is 14.4. The molecule has 18 heavy (non-hydrogen) atoms. The normalized spacial score (nSPS) is 27.4. The minimum absolute atomic E-state index is 0.0494. The quantitative estimate of drug-likeness (QED) is 0.583. The maximum absolute atomic E-state index is 11.2. The van der Waals surface area contributed by atoms with E-state index < -0.39 is 20.0 Å². The summed E-state index contributed by atoms with van der Waals surface area (Å²) in [7, 11) is -1.19. The van der Waals surface area contributed by atoms with Crippen LogP contribution in [0.5, 0.6) is 0 Å². The summed E-state index contributed by atoms with van der Waals surface area (Å²) in [5, 5.41) is -0.267. The lowest BCUT2D eigenvalue weighted by molar-refractivity contribution is 0.483. The number of hydrogen-bond donors (Lipinski definition) is 1. The van der Waals surface area contributed by atoms with E-state index >= 15 is 0 Å². The van der Waals surface area contributed by atoms with E-state index in [2.05, 4.69) is 0 Å². The summed E-state index contributed by atoms with van der Waals surface area (Å²) in [5.74, 6) is 1.14. The van der Waals surface area contributed by atoms with E-state index in [1.807, 2.05) is 0 Å². The second kappa shape index (κ2) is 7.32. The van der Waals surface area contributed by atoms with Gasteiger partial charge < -0.3 is 0 Å². The molecule has 1 saturated heterocycles. The molecule has 2 unspecified atom stereocenters. The molecule has 2 atom stereocenters. The molecule has 11 heteroatoms. The summed E-state index contributed by atoms with van der Waals surface area (Å²) in [6, 6.07) is 0. The van der Waals surface area contributed by atoms with E-state index in [-0.39, 0.29) is 22.0 Å². The molecule has 108 valence electrons. The molecular formula is C7H14O5S6. The van der Waals surface area contributed by atoms with Gasteiger partial charge in [0.15, 0.2) is 0 Å². The van der Waals surface area contributed by atoms with Gasteiger partial charge in [-0.3, -0.25) is 4.55 Å². The summed E-state index contributed by atoms with van der Waals surface area (Å²) < 4.78 is 52.9. The summed E-state index contributed by atoms with van der Waals surface area (Å²) in [5.41, 5.74) is 0. The van der Waals surface area contributed by atoms with Crippen LogP contribution in [0.3, 0.4) is 0 Å². The molecule has 0 amide bonds. The van der Waals surface area contributed by atoms with Crippen molar-refractivity contribution in [2.45, 2.75) is 10.5 Å². The molecule has 1 fully saturated rings. The van der Waals surface area contributed by atoms with Crippen molar-refractivity contribution in [1.82, 2.24) is 0 Å². The topological polar surface area (TPSA) is 88.5 Å². The number of sulfone groups is 1. The minimum atomic E-state index is -3.98. The van der Waals surface area contributed by atoms with Crippen molar-refractivity contribution in [3.8, 4) is 0 Å². The lowest BCUT2D eigenvalue weighted by Gasteiger charge is -2.22. The molecule has 0 bridgehead atoms. The Balaban J connectivity index is 2.55. The first-order valence-electron chi connectivity index (χ1n) is 4.85. The Morgan fingerprint density at radius 1 is 1.00 bits per heavy atom. The van der Waals surface area contributed by atoms with E-state index in [0.717, 1.165) is 0 Å². The molecule has 1 aliphatic rings. The third-order valence-corrected chi connectivity index (χ3v) is 10.3. The summed E-state index contributed by atoms with van der Waals surface area (Å²) >= 11 is 0. The van der Waals surface area contributed by atoms with Gasteiger partial charge in [-0.2, -0.15) is 8.42 Å². The summed E-state index contributed by atoms with van der Waals surface area (Å²) in [6.07, 6.45) is 1.20. The zero-order valence-electron chi connectivity index (χ0n) is 9.51. The lowest BCUT2D eigenvalue weighted by Crippen LogP contribution is -2.23. The van der Waals surface area contributed by atoms with Crippen LogP contribution in [0.25, 0.3) is 0 Å². The van der Waals surface area contributed by atoms with E-state index in [4.69, 9.17) is 4.55 Å². The van der Waals surface area contributed by atoms with E-state index in [9.17, 15) is 16.8 Å². The van der Waals surface area contributed by atoms with Crippen molar-refractivity contribution >= 4 is 63.1 Å². The molecule has 1 aliphatic heterocycles. The van der Waals surface area contributed by atoms with Gasteiger partial charge in [-0.15, -0.1) is 0 Å². The van der Waals surface area contributed by atoms with Gasteiger partial charge in [-0.1, -0.05) is 43.2 Å². The van der Waals surface area contributed by atoms with Gasteiger partial charge >= 0.3 is 0 Å². The highest BCUT2D eigenvalue weighted by Gasteiger charge is 2.25. The molecule has 0 aromatic rings. The van der Waals surface area contributed by atoms with Gasteiger partial charge in [-0.05, 0) is 0 Å². The molecule has 0 aromatic heterocycles. The Bertz CT molecular complexity index is 413. The maximum atomic E-state index is 11.2. The fourth-order valence-corrected chi connectivity index (χ4v) is 11.5. The van der Waals surface area contributed by atoms with Gasteiger partial charge in [0.25, 0.3) is 10.1 Å². The second-order valence-electron chi connectivity index (χ2n) is 3.85. The minimum Gasteiger partial charge on any atom is -0.286 e. The number of hydrogen-bond acceptors (Lipinski definition) is 8. The second-order valence-corrected chi connectivity index (χ2v) is 13.0. The number of rotatable bonds is 4. The molecule has 1 heterocycles. The molecule has 0 saturated carbocycles. The van der Waals surface area contributed by atoms with Crippen LogP contribution in [-0.4, -0.2) is 61.2 Å². The van der Waals surface area contributed by atoms with E-state index in [1.54, 1.807) is 10.8 Å². The Labute approximate surface area is 123 Å². The smallest absolute Gasteiger partial charge is 0.266 e. The monoisotopic (exact) mass is 370 g/mol. The van der Waals surface area contributed by atoms with Crippen LogP contribution < -0.4 is 0 Å². The molecule has 1 N–H and O–H groups in total. The molecule has 0 aromatic carbocycles. The van der Waals surface area contributed by atoms with Crippen LogP contribution in [0.4, 0.5) is 0 Å². The Morgan fingerprint density at radius 2 is 1.44 bits per heavy atom. The first-order valence-corrected chi connectivity index (χ1v) is 13.3. The van der Waals surface area contributed by atoms with Crippen molar-refractivity contribution in [2.24, 2.45) is 0 Å². The molecule has 0 aliphatic carbocycles. The van der Waals surface area contributed by atoms with Crippen molar-refractivity contribution in [2.75, 3.05) is 29.3 Å². The van der Waals surface area contributed by atoms with Crippen LogP contribution >= 0.6 is 43.2 Å². The fourth-order valence-electron chi connectivity index (χ4n) is 1.19. The van der Waals surface area contributed by atoms with Gasteiger partial charge in [-0.25, -0.2) is 8.42 Å². The SMILES string of the molecule is CS(=O)(=O)CC1CSSCC(CS(=O)(=O)O)SS1. The first-order chi connectivity index (χ1) is 8.16. The van der Waals surface area contributed by atoms with Crippen molar-refractivity contribution in [3.63, 3.8) is 0 Å². The van der Waals surface area contributed by atoms with Crippen molar-refractivity contribution in [1.29, 1.82) is 0 Å². The van der Waals surface area contributed by atoms with E-state index in [0.29, 0.717) is 11.5 Å². The van der Waals surface area contributed by atoms with Gasteiger partial charge in [0.05, 0.1) is 11.5 Å². The fraction of sp³-hybridized carbons (Fsp3) is 1.00. The predicted molar refractivity (Wildman–Crippen MR) is 83.8 cm³/mol.